The van der Waals surface area contributed by atoms with Crippen molar-refractivity contribution in [1.29, 1.82) is 5.41 Å². The number of hydrogen-bond donors (Lipinski definition) is 3. The lowest BCUT2D eigenvalue weighted by atomic mass is 10.2. The van der Waals surface area contributed by atoms with Gasteiger partial charge in [-0.25, -0.2) is 4.99 Å². The number of nitrogens with zero attached hydrogens (tertiary/aromatic N) is 5. The van der Waals surface area contributed by atoms with Crippen molar-refractivity contribution >= 4 is 29.3 Å². The monoisotopic (exact) mass is 352 g/mol. The number of allylic oxidation sites excluding steroid dienone is 1. The quantitative estimate of drug-likeness (QED) is 0.563. The number of pyridine rings is 1. The molecule has 1 aliphatic rings. The summed E-state index contributed by atoms with van der Waals surface area (Å²) in [4.78, 5) is 12.8. The smallest absolute Gasteiger partial charge is 0.175 e. The van der Waals surface area contributed by atoms with Crippen LogP contribution in [0.4, 0.5) is 11.5 Å². The molecule has 0 unspecified atom stereocenters. The van der Waals surface area contributed by atoms with Crippen molar-refractivity contribution in [3.63, 3.8) is 0 Å². The molecule has 0 aromatic carbocycles. The van der Waals surface area contributed by atoms with Crippen molar-refractivity contribution < 1.29 is 0 Å². The van der Waals surface area contributed by atoms with Gasteiger partial charge in [0.25, 0.3) is 0 Å². The van der Waals surface area contributed by atoms with Gasteiger partial charge in [0.05, 0.1) is 24.0 Å². The molecule has 0 amide bonds. The summed E-state index contributed by atoms with van der Waals surface area (Å²) in [6.45, 7) is 5.23. The fourth-order valence-electron chi connectivity index (χ4n) is 2.89. The Labute approximate surface area is 152 Å². The van der Waals surface area contributed by atoms with Crippen LogP contribution in [0.5, 0.6) is 0 Å². The molecule has 3 heterocycles. The highest BCUT2D eigenvalue weighted by molar-refractivity contribution is 6.01. The van der Waals surface area contributed by atoms with Gasteiger partial charge in [-0.05, 0) is 25.1 Å². The molecular formula is C18H24N8. The number of aliphatic imine (C=N–C) groups is 1. The predicted octanol–water partition coefficient (Wildman–Crippen LogP) is 2.02. The molecular weight excluding hydrogens is 328 g/mol. The van der Waals surface area contributed by atoms with Crippen LogP contribution in [0.3, 0.4) is 0 Å². The summed E-state index contributed by atoms with van der Waals surface area (Å²) in [6.07, 6.45) is 7.80. The predicted molar refractivity (Wildman–Crippen MR) is 105 cm³/mol. The molecule has 26 heavy (non-hydrogen) atoms. The summed E-state index contributed by atoms with van der Waals surface area (Å²) < 4.78 is 0. The molecule has 3 rings (SSSR count). The highest BCUT2D eigenvalue weighted by atomic mass is 15.3. The number of nitrogens with two attached hydrogens (primary N) is 1. The standard InChI is InChI=1S/C18H24N8/c1-2-4-14-11-18(24-23-14)22-16(19)12-17(20)26-9-7-25(8-10-26)15-5-3-6-21-13-15/h2-6,11,13,20H,7-10,12H2,1H3,(H3,19,22,23,24)/b4-2+,20-17?. The third-order valence-electron chi connectivity index (χ3n) is 4.21. The van der Waals surface area contributed by atoms with Crippen LogP contribution in [0.25, 0.3) is 6.08 Å². The lowest BCUT2D eigenvalue weighted by Gasteiger charge is -2.37. The normalized spacial score (nSPS) is 15.7. The van der Waals surface area contributed by atoms with Crippen LogP contribution in [-0.4, -0.2) is 57.9 Å². The molecule has 0 radical (unpaired) electrons. The van der Waals surface area contributed by atoms with E-state index in [1.165, 1.54) is 0 Å². The Morgan fingerprint density at radius 3 is 2.88 bits per heavy atom. The molecule has 2 aromatic rings. The van der Waals surface area contributed by atoms with E-state index in [4.69, 9.17) is 11.1 Å². The second-order valence-electron chi connectivity index (χ2n) is 6.09. The Morgan fingerprint density at radius 1 is 1.38 bits per heavy atom. The van der Waals surface area contributed by atoms with E-state index >= 15 is 0 Å². The van der Waals surface area contributed by atoms with Gasteiger partial charge in [-0.15, -0.1) is 0 Å². The fraction of sp³-hybridized carbons (Fsp3) is 0.333. The van der Waals surface area contributed by atoms with E-state index in [1.807, 2.05) is 42.3 Å². The largest absolute Gasteiger partial charge is 0.387 e. The molecule has 136 valence electrons. The van der Waals surface area contributed by atoms with Gasteiger partial charge in [-0.3, -0.25) is 15.5 Å². The van der Waals surface area contributed by atoms with Crippen LogP contribution in [0.15, 0.2) is 41.7 Å². The number of H-pyrrole nitrogens is 1. The van der Waals surface area contributed by atoms with Gasteiger partial charge in [0.1, 0.15) is 11.7 Å². The minimum absolute atomic E-state index is 0.318. The molecule has 0 saturated carbocycles. The number of hydrogen-bond acceptors (Lipinski definition) is 5. The van der Waals surface area contributed by atoms with Crippen LogP contribution >= 0.6 is 0 Å². The third kappa shape index (κ3) is 4.47. The molecule has 2 aromatic heterocycles. The first kappa shape index (κ1) is 17.7. The second kappa shape index (κ2) is 8.28. The average molecular weight is 352 g/mol. The summed E-state index contributed by atoms with van der Waals surface area (Å²) in [5, 5.41) is 15.3. The minimum atomic E-state index is 0.318. The summed E-state index contributed by atoms with van der Waals surface area (Å²) >= 11 is 0. The van der Waals surface area contributed by atoms with Crippen LogP contribution < -0.4 is 10.6 Å². The molecule has 1 saturated heterocycles. The zero-order valence-corrected chi connectivity index (χ0v) is 14.9. The van der Waals surface area contributed by atoms with Gasteiger partial charge in [0.15, 0.2) is 5.82 Å². The van der Waals surface area contributed by atoms with Crippen LogP contribution in [-0.2, 0) is 0 Å². The summed E-state index contributed by atoms with van der Waals surface area (Å²) in [5.41, 5.74) is 8.00. The van der Waals surface area contributed by atoms with Gasteiger partial charge < -0.3 is 15.5 Å². The topological polar surface area (TPSA) is 110 Å². The highest BCUT2D eigenvalue weighted by Gasteiger charge is 2.19. The molecule has 8 heteroatoms. The first-order valence-corrected chi connectivity index (χ1v) is 8.64. The number of rotatable bonds is 5. The van der Waals surface area contributed by atoms with E-state index < -0.39 is 0 Å². The number of aromatic amines is 1. The molecule has 4 N–H and O–H groups in total. The maximum absolute atomic E-state index is 8.32. The molecule has 0 spiro atoms. The third-order valence-corrected chi connectivity index (χ3v) is 4.21. The van der Waals surface area contributed by atoms with Crippen molar-refractivity contribution in [1.82, 2.24) is 20.1 Å². The zero-order valence-electron chi connectivity index (χ0n) is 14.9. The SMILES string of the molecule is C/C=C/c1cc(N=C(N)CC(=N)N2CCN(c3cccnc3)CC2)n[nH]1. The molecule has 1 fully saturated rings. The van der Waals surface area contributed by atoms with E-state index in [-0.39, 0.29) is 0 Å². The summed E-state index contributed by atoms with van der Waals surface area (Å²) in [7, 11) is 0. The lowest BCUT2D eigenvalue weighted by Crippen LogP contribution is -2.49. The summed E-state index contributed by atoms with van der Waals surface area (Å²) in [6, 6.07) is 5.82. The number of nitrogens with one attached hydrogen (secondary N) is 2. The molecule has 8 nitrogen and oxygen atoms in total. The van der Waals surface area contributed by atoms with Crippen LogP contribution in [0, 0.1) is 5.41 Å². The van der Waals surface area contributed by atoms with Crippen LogP contribution in [0.1, 0.15) is 19.0 Å². The van der Waals surface area contributed by atoms with E-state index in [9.17, 15) is 0 Å². The van der Waals surface area contributed by atoms with Crippen LogP contribution in [0.2, 0.25) is 0 Å². The number of amidine groups is 2. The number of aromatic nitrogens is 3. The van der Waals surface area contributed by atoms with Gasteiger partial charge >= 0.3 is 0 Å². The Kier molecular flexibility index (Phi) is 5.62. The van der Waals surface area contributed by atoms with Crippen molar-refractivity contribution in [3.05, 3.63) is 42.4 Å². The van der Waals surface area contributed by atoms with Crippen molar-refractivity contribution in [3.8, 4) is 0 Å². The van der Waals surface area contributed by atoms with Gasteiger partial charge in [-0.1, -0.05) is 6.08 Å². The molecule has 0 atom stereocenters. The van der Waals surface area contributed by atoms with E-state index in [0.717, 1.165) is 37.6 Å². The Bertz CT molecular complexity index is 785. The first-order chi connectivity index (χ1) is 12.7. The Balaban J connectivity index is 1.52. The van der Waals surface area contributed by atoms with E-state index in [2.05, 4.69) is 31.1 Å². The van der Waals surface area contributed by atoms with Crippen molar-refractivity contribution in [2.24, 2.45) is 10.7 Å². The maximum atomic E-state index is 8.32. The average Bonchev–Trinajstić information content (AvgIpc) is 3.09. The van der Waals surface area contributed by atoms with Crippen molar-refractivity contribution in [2.75, 3.05) is 31.1 Å². The van der Waals surface area contributed by atoms with Crippen molar-refractivity contribution in [2.45, 2.75) is 13.3 Å². The Hall–Kier alpha value is -3.16. The minimum Gasteiger partial charge on any atom is -0.387 e. The van der Waals surface area contributed by atoms with E-state index in [1.54, 1.807) is 6.20 Å². The lowest BCUT2D eigenvalue weighted by molar-refractivity contribution is 0.379. The van der Waals surface area contributed by atoms with Gasteiger partial charge in [0, 0.05) is 38.4 Å². The van der Waals surface area contributed by atoms with Gasteiger partial charge in [0.2, 0.25) is 0 Å². The number of piperazine rings is 1. The maximum Gasteiger partial charge on any atom is 0.175 e. The molecule has 1 aliphatic heterocycles. The van der Waals surface area contributed by atoms with E-state index in [0.29, 0.717) is 23.9 Å². The second-order valence-corrected chi connectivity index (χ2v) is 6.09. The first-order valence-electron chi connectivity index (χ1n) is 8.64. The zero-order chi connectivity index (χ0) is 18.4. The fourth-order valence-corrected chi connectivity index (χ4v) is 2.89. The molecule has 0 bridgehead atoms. The number of anilines is 1. The summed E-state index contributed by atoms with van der Waals surface area (Å²) in [5.74, 6) is 1.41. The highest BCUT2D eigenvalue weighted by Crippen LogP contribution is 2.15. The van der Waals surface area contributed by atoms with Gasteiger partial charge in [-0.2, -0.15) is 5.10 Å². The Morgan fingerprint density at radius 2 is 2.19 bits per heavy atom. The molecule has 0 aliphatic carbocycles.